The number of fused-ring (bicyclic) bond motifs is 1. The van der Waals surface area contributed by atoms with Gasteiger partial charge in [-0.1, -0.05) is 19.3 Å². The molecule has 34 heavy (non-hydrogen) atoms. The van der Waals surface area contributed by atoms with E-state index in [0.717, 1.165) is 64.6 Å². The molecular weight excluding hydrogens is 428 g/mol. The van der Waals surface area contributed by atoms with Crippen molar-refractivity contribution >= 4 is 11.8 Å². The van der Waals surface area contributed by atoms with Gasteiger partial charge in [-0.05, 0) is 64.0 Å². The molecule has 0 aromatic carbocycles. The van der Waals surface area contributed by atoms with Gasteiger partial charge in [0, 0.05) is 57.8 Å². The van der Waals surface area contributed by atoms with Crippen LogP contribution in [0.1, 0.15) is 70.6 Å². The lowest BCUT2D eigenvalue weighted by atomic mass is 9.89. The summed E-state index contributed by atoms with van der Waals surface area (Å²) in [6.07, 6.45) is 13.5. The minimum atomic E-state index is -0.0238. The molecule has 4 unspecified atom stereocenters. The molecule has 1 saturated carbocycles. The minimum absolute atomic E-state index is 0.0238. The Morgan fingerprint density at radius 3 is 2.56 bits per heavy atom. The maximum Gasteiger partial charge on any atom is 0.237 e. The maximum absolute atomic E-state index is 13.0. The number of hydrogen-bond acceptors (Lipinski definition) is 6. The van der Waals surface area contributed by atoms with Crippen molar-refractivity contribution in [2.75, 3.05) is 52.4 Å². The molecule has 0 spiro atoms. The molecule has 2 amide bonds. The van der Waals surface area contributed by atoms with E-state index >= 15 is 0 Å². The molecule has 0 aromatic heterocycles. The molecule has 8 heteroatoms. The predicted molar refractivity (Wildman–Crippen MR) is 133 cm³/mol. The van der Waals surface area contributed by atoms with Gasteiger partial charge in [0.1, 0.15) is 0 Å². The second-order valence-corrected chi connectivity index (χ2v) is 11.4. The number of carbonyl (C=O) groups is 2. The van der Waals surface area contributed by atoms with Gasteiger partial charge in [0.2, 0.25) is 11.8 Å². The Labute approximate surface area is 205 Å². The van der Waals surface area contributed by atoms with Gasteiger partial charge in [0.25, 0.3) is 0 Å². The predicted octanol–water partition coefficient (Wildman–Crippen LogP) is 1.12. The van der Waals surface area contributed by atoms with Gasteiger partial charge in [0.05, 0.1) is 12.2 Å². The Morgan fingerprint density at radius 1 is 1.00 bits per heavy atom. The summed E-state index contributed by atoms with van der Waals surface area (Å²) in [4.78, 5) is 32.5. The Bertz CT molecular complexity index is 685. The van der Waals surface area contributed by atoms with Crippen LogP contribution in [-0.2, 0) is 9.59 Å². The van der Waals surface area contributed by atoms with Gasteiger partial charge in [-0.2, -0.15) is 0 Å². The first-order valence-electron chi connectivity index (χ1n) is 14.2. The fourth-order valence-corrected chi connectivity index (χ4v) is 6.99. The number of nitrogens with one attached hydrogen (secondary N) is 3. The highest BCUT2D eigenvalue weighted by molar-refractivity contribution is 5.83. The number of nitrogens with zero attached hydrogens (tertiary/aromatic N) is 3. The Kier molecular flexibility index (Phi) is 8.40. The van der Waals surface area contributed by atoms with E-state index < -0.39 is 0 Å². The zero-order valence-electron chi connectivity index (χ0n) is 21.0. The summed E-state index contributed by atoms with van der Waals surface area (Å²) in [5.74, 6) is 1.27. The third-order valence-electron chi connectivity index (χ3n) is 9.13. The van der Waals surface area contributed by atoms with E-state index in [4.69, 9.17) is 0 Å². The van der Waals surface area contributed by atoms with E-state index in [2.05, 4.69) is 30.7 Å². The minimum Gasteiger partial charge on any atom is -0.353 e. The van der Waals surface area contributed by atoms with Crippen molar-refractivity contribution in [3.05, 3.63) is 0 Å². The van der Waals surface area contributed by atoms with Crippen LogP contribution in [0, 0.1) is 5.92 Å². The lowest BCUT2D eigenvalue weighted by Gasteiger charge is -2.41. The van der Waals surface area contributed by atoms with Crippen LogP contribution in [0.4, 0.5) is 0 Å². The SMILES string of the molecule is O=C1NCC(CCC(=O)N2CCN(C3CCCCN3)CC2)N2CC(NCC3CCCCC3)CC12. The first-order chi connectivity index (χ1) is 16.7. The summed E-state index contributed by atoms with van der Waals surface area (Å²) in [7, 11) is 0. The van der Waals surface area contributed by atoms with Gasteiger partial charge >= 0.3 is 0 Å². The average molecular weight is 475 g/mol. The summed E-state index contributed by atoms with van der Waals surface area (Å²) >= 11 is 0. The van der Waals surface area contributed by atoms with Crippen molar-refractivity contribution in [1.82, 2.24) is 30.7 Å². The number of piperidine rings is 1. The molecule has 3 N–H and O–H groups in total. The monoisotopic (exact) mass is 474 g/mol. The van der Waals surface area contributed by atoms with Crippen molar-refractivity contribution in [2.24, 2.45) is 5.92 Å². The number of piperazine rings is 2. The van der Waals surface area contributed by atoms with Crippen molar-refractivity contribution in [3.63, 3.8) is 0 Å². The van der Waals surface area contributed by atoms with Crippen molar-refractivity contribution in [1.29, 1.82) is 0 Å². The second kappa shape index (κ2) is 11.7. The molecule has 4 heterocycles. The highest BCUT2D eigenvalue weighted by atomic mass is 16.2. The average Bonchev–Trinajstić information content (AvgIpc) is 3.34. The fourth-order valence-electron chi connectivity index (χ4n) is 6.99. The summed E-state index contributed by atoms with van der Waals surface area (Å²) in [5, 5.41) is 10.6. The lowest BCUT2D eigenvalue weighted by Crippen LogP contribution is -2.58. The van der Waals surface area contributed by atoms with Gasteiger partial charge in [-0.25, -0.2) is 0 Å². The summed E-state index contributed by atoms with van der Waals surface area (Å²) in [6, 6.07) is 0.653. The smallest absolute Gasteiger partial charge is 0.237 e. The third kappa shape index (κ3) is 5.94. The van der Waals surface area contributed by atoms with Crippen LogP contribution in [0.2, 0.25) is 0 Å². The molecule has 1 aliphatic carbocycles. The molecule has 0 bridgehead atoms. The standard InChI is InChI=1S/C26H46N6O2/c33-25(31-14-12-30(13-15-31)24-8-4-5-11-27-24)10-9-22-18-29-26(34)23-16-21(19-32(22)23)28-17-20-6-2-1-3-7-20/h20-24,27-28H,1-19H2,(H,29,34). The quantitative estimate of drug-likeness (QED) is 0.513. The molecule has 5 rings (SSSR count). The zero-order valence-corrected chi connectivity index (χ0v) is 21.0. The highest BCUT2D eigenvalue weighted by Gasteiger charge is 2.43. The van der Waals surface area contributed by atoms with Crippen molar-refractivity contribution in [3.8, 4) is 0 Å². The van der Waals surface area contributed by atoms with Crippen molar-refractivity contribution < 1.29 is 9.59 Å². The van der Waals surface area contributed by atoms with E-state index in [1.807, 2.05) is 0 Å². The van der Waals surface area contributed by atoms with Crippen LogP contribution in [-0.4, -0.2) is 103 Å². The first kappa shape index (κ1) is 24.5. The van der Waals surface area contributed by atoms with Crippen LogP contribution < -0.4 is 16.0 Å². The summed E-state index contributed by atoms with van der Waals surface area (Å²) in [6.45, 7) is 7.48. The Morgan fingerprint density at radius 2 is 1.79 bits per heavy atom. The molecule has 4 aliphatic heterocycles. The number of rotatable bonds is 7. The van der Waals surface area contributed by atoms with Crippen molar-refractivity contribution in [2.45, 2.75) is 94.9 Å². The van der Waals surface area contributed by atoms with E-state index in [-0.39, 0.29) is 23.9 Å². The number of hydrogen-bond donors (Lipinski definition) is 3. The third-order valence-corrected chi connectivity index (χ3v) is 9.13. The van der Waals surface area contributed by atoms with Gasteiger partial charge in [0.15, 0.2) is 0 Å². The van der Waals surface area contributed by atoms with Crippen LogP contribution in [0.25, 0.3) is 0 Å². The van der Waals surface area contributed by atoms with E-state index in [1.54, 1.807) is 0 Å². The molecule has 8 nitrogen and oxygen atoms in total. The Balaban J connectivity index is 1.06. The van der Waals surface area contributed by atoms with Crippen LogP contribution in [0.3, 0.4) is 0 Å². The number of amides is 2. The van der Waals surface area contributed by atoms with E-state index in [0.29, 0.717) is 25.2 Å². The summed E-state index contributed by atoms with van der Waals surface area (Å²) < 4.78 is 0. The van der Waals surface area contributed by atoms with Gasteiger partial charge in [-0.3, -0.25) is 19.4 Å². The molecule has 0 aromatic rings. The number of carbonyl (C=O) groups excluding carboxylic acids is 2. The van der Waals surface area contributed by atoms with E-state index in [1.165, 1.54) is 51.4 Å². The second-order valence-electron chi connectivity index (χ2n) is 11.4. The highest BCUT2D eigenvalue weighted by Crippen LogP contribution is 2.28. The first-order valence-corrected chi connectivity index (χ1v) is 14.2. The molecule has 5 fully saturated rings. The molecule has 4 atom stereocenters. The molecule has 5 aliphatic rings. The Hall–Kier alpha value is -1.22. The normalized spacial score (nSPS) is 34.1. The van der Waals surface area contributed by atoms with Gasteiger partial charge in [-0.15, -0.1) is 0 Å². The van der Waals surface area contributed by atoms with Gasteiger partial charge < -0.3 is 20.9 Å². The van der Waals surface area contributed by atoms with Crippen LogP contribution in [0.15, 0.2) is 0 Å². The molecule has 0 radical (unpaired) electrons. The zero-order chi connectivity index (χ0) is 23.3. The lowest BCUT2D eigenvalue weighted by molar-refractivity contribution is -0.134. The van der Waals surface area contributed by atoms with E-state index in [9.17, 15) is 9.59 Å². The fraction of sp³-hybridized carbons (Fsp3) is 0.923. The topological polar surface area (TPSA) is 80.0 Å². The van der Waals surface area contributed by atoms with Crippen LogP contribution >= 0.6 is 0 Å². The maximum atomic E-state index is 13.0. The summed E-state index contributed by atoms with van der Waals surface area (Å²) in [5.41, 5.74) is 0. The largest absolute Gasteiger partial charge is 0.353 e. The van der Waals surface area contributed by atoms with Crippen LogP contribution in [0.5, 0.6) is 0 Å². The molecule has 4 saturated heterocycles. The molecular formula is C26H46N6O2. The molecule has 192 valence electrons.